The maximum absolute atomic E-state index is 11.9. The van der Waals surface area contributed by atoms with Crippen LogP contribution >= 0.6 is 22.6 Å². The molecular weight excluding hydrogens is 339 g/mol. The van der Waals surface area contributed by atoms with Gasteiger partial charge >= 0.3 is 0 Å². The quantitative estimate of drug-likeness (QED) is 0.843. The predicted octanol–water partition coefficient (Wildman–Crippen LogP) is 2.96. The van der Waals surface area contributed by atoms with Crippen LogP contribution in [0.15, 0.2) is 24.3 Å². The number of carbonyl (C=O) groups is 1. The first-order valence-corrected chi connectivity index (χ1v) is 7.49. The Bertz CT molecular complexity index is 414. The van der Waals surface area contributed by atoms with E-state index in [-0.39, 0.29) is 5.91 Å². The smallest absolute Gasteiger partial charge is 0.238 e. The standard InChI is InChI=1S/C14H19IN2O/c1-11-5-7-17(8-6-11)10-14(18)16-13-4-2-3-12(15)9-13/h2-4,9,11H,5-8,10H2,1H3,(H,16,18). The second-order valence-electron chi connectivity index (χ2n) is 5.02. The van der Waals surface area contributed by atoms with Gasteiger partial charge in [0.25, 0.3) is 0 Å². The van der Waals surface area contributed by atoms with Crippen molar-refractivity contribution >= 4 is 34.2 Å². The minimum absolute atomic E-state index is 0.0894. The number of nitrogens with zero attached hydrogens (tertiary/aromatic N) is 1. The predicted molar refractivity (Wildman–Crippen MR) is 82.6 cm³/mol. The Labute approximate surface area is 122 Å². The SMILES string of the molecule is CC1CCN(CC(=O)Nc2cccc(I)c2)CC1. The van der Waals surface area contributed by atoms with E-state index in [2.05, 4.69) is 39.7 Å². The van der Waals surface area contributed by atoms with E-state index in [0.717, 1.165) is 28.3 Å². The van der Waals surface area contributed by atoms with Crippen molar-refractivity contribution in [1.29, 1.82) is 0 Å². The zero-order chi connectivity index (χ0) is 13.0. The van der Waals surface area contributed by atoms with Gasteiger partial charge in [-0.2, -0.15) is 0 Å². The molecule has 1 aromatic rings. The third-order valence-corrected chi connectivity index (χ3v) is 4.02. The summed E-state index contributed by atoms with van der Waals surface area (Å²) in [5.41, 5.74) is 0.886. The Morgan fingerprint density at radius 1 is 1.44 bits per heavy atom. The van der Waals surface area contributed by atoms with Crippen LogP contribution in [0.5, 0.6) is 0 Å². The Hall–Kier alpha value is -0.620. The second-order valence-corrected chi connectivity index (χ2v) is 6.26. The molecule has 3 nitrogen and oxygen atoms in total. The maximum Gasteiger partial charge on any atom is 0.238 e. The van der Waals surface area contributed by atoms with Crippen LogP contribution in [0.4, 0.5) is 5.69 Å². The average molecular weight is 358 g/mol. The van der Waals surface area contributed by atoms with Gasteiger partial charge in [0.1, 0.15) is 0 Å². The van der Waals surface area contributed by atoms with Crippen LogP contribution in [-0.4, -0.2) is 30.4 Å². The topological polar surface area (TPSA) is 32.3 Å². The number of nitrogens with one attached hydrogen (secondary N) is 1. The van der Waals surface area contributed by atoms with Crippen molar-refractivity contribution in [3.8, 4) is 0 Å². The van der Waals surface area contributed by atoms with Gasteiger partial charge in [0.15, 0.2) is 0 Å². The lowest BCUT2D eigenvalue weighted by Gasteiger charge is -2.29. The molecule has 0 aromatic heterocycles. The molecule has 0 radical (unpaired) electrons. The van der Waals surface area contributed by atoms with Crippen molar-refractivity contribution < 1.29 is 4.79 Å². The van der Waals surface area contributed by atoms with Crippen LogP contribution in [0.3, 0.4) is 0 Å². The summed E-state index contributed by atoms with van der Waals surface area (Å²) in [5, 5.41) is 2.96. The highest BCUT2D eigenvalue weighted by Gasteiger charge is 2.17. The number of carbonyl (C=O) groups excluding carboxylic acids is 1. The van der Waals surface area contributed by atoms with Gasteiger partial charge in [-0.3, -0.25) is 9.69 Å². The lowest BCUT2D eigenvalue weighted by atomic mass is 9.99. The van der Waals surface area contributed by atoms with Gasteiger partial charge in [0.05, 0.1) is 6.54 Å². The number of benzene rings is 1. The molecule has 0 atom stereocenters. The number of amides is 1. The summed E-state index contributed by atoms with van der Waals surface area (Å²) in [6, 6.07) is 7.89. The van der Waals surface area contributed by atoms with Gasteiger partial charge < -0.3 is 5.32 Å². The van der Waals surface area contributed by atoms with Crippen LogP contribution in [0.25, 0.3) is 0 Å². The molecule has 1 saturated heterocycles. The highest BCUT2D eigenvalue weighted by molar-refractivity contribution is 14.1. The molecule has 2 rings (SSSR count). The molecule has 4 heteroatoms. The summed E-state index contributed by atoms with van der Waals surface area (Å²) in [5.74, 6) is 0.895. The van der Waals surface area contributed by atoms with Crippen molar-refractivity contribution in [1.82, 2.24) is 4.90 Å². The molecule has 1 aromatic carbocycles. The third kappa shape index (κ3) is 4.24. The first kappa shape index (κ1) is 13.8. The van der Waals surface area contributed by atoms with E-state index in [4.69, 9.17) is 0 Å². The largest absolute Gasteiger partial charge is 0.325 e. The van der Waals surface area contributed by atoms with E-state index in [1.165, 1.54) is 12.8 Å². The summed E-state index contributed by atoms with van der Waals surface area (Å²) >= 11 is 2.25. The number of piperidine rings is 1. The molecular formula is C14H19IN2O. The minimum atomic E-state index is 0.0894. The van der Waals surface area contributed by atoms with Crippen LogP contribution in [-0.2, 0) is 4.79 Å². The highest BCUT2D eigenvalue weighted by Crippen LogP contribution is 2.16. The number of likely N-dealkylation sites (tertiary alicyclic amines) is 1. The highest BCUT2D eigenvalue weighted by atomic mass is 127. The zero-order valence-electron chi connectivity index (χ0n) is 10.7. The normalized spacial score (nSPS) is 17.7. The fraction of sp³-hybridized carbons (Fsp3) is 0.500. The maximum atomic E-state index is 11.9. The van der Waals surface area contributed by atoms with Gasteiger partial charge in [-0.1, -0.05) is 13.0 Å². The van der Waals surface area contributed by atoms with Crippen LogP contribution < -0.4 is 5.32 Å². The Balaban J connectivity index is 1.82. The lowest BCUT2D eigenvalue weighted by molar-refractivity contribution is -0.117. The molecule has 1 aliphatic heterocycles. The Kier molecular flexibility index (Phi) is 5.00. The van der Waals surface area contributed by atoms with E-state index >= 15 is 0 Å². The minimum Gasteiger partial charge on any atom is -0.325 e. The molecule has 0 unspecified atom stereocenters. The summed E-state index contributed by atoms with van der Waals surface area (Å²) in [7, 11) is 0. The average Bonchev–Trinajstić information content (AvgIpc) is 2.32. The summed E-state index contributed by atoms with van der Waals surface area (Å²) in [6.45, 7) is 4.88. The third-order valence-electron chi connectivity index (χ3n) is 3.35. The van der Waals surface area contributed by atoms with Crippen LogP contribution in [0.1, 0.15) is 19.8 Å². The fourth-order valence-electron chi connectivity index (χ4n) is 2.19. The van der Waals surface area contributed by atoms with Crippen molar-refractivity contribution in [3.63, 3.8) is 0 Å². The molecule has 1 aliphatic rings. The molecule has 0 bridgehead atoms. The summed E-state index contributed by atoms with van der Waals surface area (Å²) in [4.78, 5) is 14.2. The monoisotopic (exact) mass is 358 g/mol. The van der Waals surface area contributed by atoms with Crippen LogP contribution in [0, 0.1) is 9.49 Å². The summed E-state index contributed by atoms with van der Waals surface area (Å²) in [6.07, 6.45) is 2.41. The first-order valence-electron chi connectivity index (χ1n) is 6.41. The molecule has 0 saturated carbocycles. The molecule has 18 heavy (non-hydrogen) atoms. The number of halogens is 1. The fourth-order valence-corrected chi connectivity index (χ4v) is 2.73. The van der Waals surface area contributed by atoms with Gasteiger partial charge in [0.2, 0.25) is 5.91 Å². The molecule has 1 fully saturated rings. The number of anilines is 1. The van der Waals surface area contributed by atoms with E-state index in [9.17, 15) is 4.79 Å². The van der Waals surface area contributed by atoms with Gasteiger partial charge in [-0.15, -0.1) is 0 Å². The van der Waals surface area contributed by atoms with Crippen molar-refractivity contribution in [3.05, 3.63) is 27.8 Å². The number of hydrogen-bond acceptors (Lipinski definition) is 2. The second kappa shape index (κ2) is 6.52. The molecule has 1 heterocycles. The zero-order valence-corrected chi connectivity index (χ0v) is 12.8. The molecule has 98 valence electrons. The van der Waals surface area contributed by atoms with E-state index < -0.39 is 0 Å². The van der Waals surface area contributed by atoms with Crippen LogP contribution in [0.2, 0.25) is 0 Å². The van der Waals surface area contributed by atoms with Gasteiger partial charge in [-0.25, -0.2) is 0 Å². The molecule has 1 amide bonds. The van der Waals surface area contributed by atoms with Gasteiger partial charge in [-0.05, 0) is 72.6 Å². The lowest BCUT2D eigenvalue weighted by Crippen LogP contribution is -2.38. The first-order chi connectivity index (χ1) is 8.63. The molecule has 0 spiro atoms. The molecule has 1 N–H and O–H groups in total. The number of rotatable bonds is 3. The number of hydrogen-bond donors (Lipinski definition) is 1. The van der Waals surface area contributed by atoms with Crippen molar-refractivity contribution in [2.75, 3.05) is 25.0 Å². The van der Waals surface area contributed by atoms with Crippen molar-refractivity contribution in [2.24, 2.45) is 5.92 Å². The van der Waals surface area contributed by atoms with E-state index in [1.54, 1.807) is 0 Å². The Morgan fingerprint density at radius 2 is 2.17 bits per heavy atom. The van der Waals surface area contributed by atoms with Crippen molar-refractivity contribution in [2.45, 2.75) is 19.8 Å². The van der Waals surface area contributed by atoms with E-state index in [1.807, 2.05) is 24.3 Å². The molecule has 0 aliphatic carbocycles. The van der Waals surface area contributed by atoms with E-state index in [0.29, 0.717) is 6.54 Å². The summed E-state index contributed by atoms with van der Waals surface area (Å²) < 4.78 is 1.14. The van der Waals surface area contributed by atoms with Gasteiger partial charge in [0, 0.05) is 9.26 Å². The Morgan fingerprint density at radius 3 is 2.83 bits per heavy atom.